The third-order valence-electron chi connectivity index (χ3n) is 3.57. The fraction of sp³-hybridized carbons (Fsp3) is 0.200. The quantitative estimate of drug-likeness (QED) is 0.473. The van der Waals surface area contributed by atoms with Gasteiger partial charge in [0.05, 0.1) is 0 Å². The average molecular weight is 337 g/mol. The van der Waals surface area contributed by atoms with Crippen molar-refractivity contribution in [3.8, 4) is 17.6 Å². The van der Waals surface area contributed by atoms with Gasteiger partial charge in [-0.25, -0.2) is 4.79 Å². The highest BCUT2D eigenvalue weighted by atomic mass is 16.5. The number of para-hydroxylation sites is 2. The summed E-state index contributed by atoms with van der Waals surface area (Å²) in [5.74, 6) is 0.0780. The monoisotopic (exact) mass is 337 g/mol. The van der Waals surface area contributed by atoms with Gasteiger partial charge in [-0.2, -0.15) is 5.26 Å². The number of benzene rings is 2. The second-order valence-electron chi connectivity index (χ2n) is 5.43. The molecule has 0 spiro atoms. The first-order valence-electron chi connectivity index (χ1n) is 7.79. The topological polar surface area (TPSA) is 79.5 Å². The molecule has 0 fully saturated rings. The van der Waals surface area contributed by atoms with Crippen LogP contribution in [0, 0.1) is 25.2 Å². The summed E-state index contributed by atoms with van der Waals surface area (Å²) in [7, 11) is 0. The van der Waals surface area contributed by atoms with Crippen molar-refractivity contribution in [2.45, 2.75) is 13.8 Å². The summed E-state index contributed by atoms with van der Waals surface area (Å²) in [5.41, 5.74) is 2.31. The summed E-state index contributed by atoms with van der Waals surface area (Å²) < 4.78 is 11.5. The average Bonchev–Trinajstić information content (AvgIpc) is 2.59. The molecule has 2 rings (SSSR count). The zero-order valence-corrected chi connectivity index (χ0v) is 14.2. The van der Waals surface area contributed by atoms with Crippen LogP contribution in [-0.4, -0.2) is 24.3 Å². The second-order valence-corrected chi connectivity index (χ2v) is 5.43. The second kappa shape index (κ2) is 8.55. The molecule has 2 aromatic rings. The maximum absolute atomic E-state index is 11.0. The number of carbonyl (C=O) groups is 1. The van der Waals surface area contributed by atoms with Crippen molar-refractivity contribution >= 4 is 12.0 Å². The summed E-state index contributed by atoms with van der Waals surface area (Å²) in [5, 5.41) is 17.8. The summed E-state index contributed by atoms with van der Waals surface area (Å²) in [6.45, 7) is 4.62. The van der Waals surface area contributed by atoms with Gasteiger partial charge in [-0.15, -0.1) is 0 Å². The third kappa shape index (κ3) is 4.85. The number of nitriles is 1. The lowest BCUT2D eigenvalue weighted by Gasteiger charge is -2.13. The standard InChI is InChI=1S/C20H19NO4/c1-14-6-5-7-15(2)19(14)25-11-10-24-18-9-4-3-8-16(18)12-17(13-21)20(22)23/h3-9,12H,10-11H2,1-2H3,(H,22,23). The fourth-order valence-electron chi connectivity index (χ4n) is 2.35. The molecule has 0 radical (unpaired) electrons. The van der Waals surface area contributed by atoms with E-state index in [4.69, 9.17) is 19.8 Å². The van der Waals surface area contributed by atoms with Gasteiger partial charge in [0.25, 0.3) is 0 Å². The Balaban J connectivity index is 2.03. The van der Waals surface area contributed by atoms with E-state index in [-0.39, 0.29) is 5.57 Å². The van der Waals surface area contributed by atoms with Gasteiger partial charge >= 0.3 is 5.97 Å². The van der Waals surface area contributed by atoms with Crippen molar-refractivity contribution in [3.63, 3.8) is 0 Å². The molecule has 0 amide bonds. The maximum Gasteiger partial charge on any atom is 0.346 e. The molecule has 25 heavy (non-hydrogen) atoms. The van der Waals surface area contributed by atoms with Crippen LogP contribution >= 0.6 is 0 Å². The van der Waals surface area contributed by atoms with Gasteiger partial charge in [-0.1, -0.05) is 36.4 Å². The number of hydrogen-bond donors (Lipinski definition) is 1. The van der Waals surface area contributed by atoms with Gasteiger partial charge in [0.1, 0.15) is 36.4 Å². The predicted molar refractivity (Wildman–Crippen MR) is 94.6 cm³/mol. The number of carboxylic acids is 1. The van der Waals surface area contributed by atoms with Gasteiger partial charge in [-0.3, -0.25) is 0 Å². The van der Waals surface area contributed by atoms with Crippen molar-refractivity contribution in [2.75, 3.05) is 13.2 Å². The lowest BCUT2D eigenvalue weighted by Crippen LogP contribution is -2.11. The lowest BCUT2D eigenvalue weighted by molar-refractivity contribution is -0.132. The van der Waals surface area contributed by atoms with E-state index in [1.165, 1.54) is 6.08 Å². The van der Waals surface area contributed by atoms with Crippen molar-refractivity contribution in [1.29, 1.82) is 5.26 Å². The number of nitrogens with zero attached hydrogens (tertiary/aromatic N) is 1. The van der Waals surface area contributed by atoms with Crippen LogP contribution in [0.1, 0.15) is 16.7 Å². The number of hydrogen-bond acceptors (Lipinski definition) is 4. The summed E-state index contributed by atoms with van der Waals surface area (Å²) in [4.78, 5) is 11.0. The summed E-state index contributed by atoms with van der Waals surface area (Å²) >= 11 is 0. The highest BCUT2D eigenvalue weighted by Crippen LogP contribution is 2.23. The highest BCUT2D eigenvalue weighted by Gasteiger charge is 2.09. The first kappa shape index (κ1) is 18.1. The molecule has 0 heterocycles. The first-order chi connectivity index (χ1) is 12.0. The Labute approximate surface area is 146 Å². The minimum Gasteiger partial charge on any atom is -0.489 e. The Morgan fingerprint density at radius 2 is 1.72 bits per heavy atom. The minimum absolute atomic E-state index is 0.299. The van der Waals surface area contributed by atoms with Crippen LogP contribution in [0.3, 0.4) is 0 Å². The van der Waals surface area contributed by atoms with E-state index in [2.05, 4.69) is 0 Å². The molecule has 0 saturated carbocycles. The Morgan fingerprint density at radius 3 is 2.36 bits per heavy atom. The molecule has 0 unspecified atom stereocenters. The SMILES string of the molecule is Cc1cccc(C)c1OCCOc1ccccc1C=C(C#N)C(=O)O. The maximum atomic E-state index is 11.0. The number of aliphatic carboxylic acids is 1. The third-order valence-corrected chi connectivity index (χ3v) is 3.57. The van der Waals surface area contributed by atoms with Crippen LogP contribution in [0.25, 0.3) is 6.08 Å². The van der Waals surface area contributed by atoms with Crippen LogP contribution in [0.2, 0.25) is 0 Å². The van der Waals surface area contributed by atoms with Gasteiger partial charge in [0, 0.05) is 5.56 Å². The molecule has 0 aliphatic carbocycles. The zero-order valence-electron chi connectivity index (χ0n) is 14.2. The number of ether oxygens (including phenoxy) is 2. The van der Waals surface area contributed by atoms with Crippen LogP contribution in [0.4, 0.5) is 0 Å². The van der Waals surface area contributed by atoms with Crippen LogP contribution in [-0.2, 0) is 4.79 Å². The van der Waals surface area contributed by atoms with E-state index in [1.54, 1.807) is 30.3 Å². The van der Waals surface area contributed by atoms with Crippen LogP contribution in [0.15, 0.2) is 48.0 Å². The smallest absolute Gasteiger partial charge is 0.346 e. The Hall–Kier alpha value is -3.26. The normalized spacial score (nSPS) is 10.8. The molecule has 128 valence electrons. The van der Waals surface area contributed by atoms with Gasteiger partial charge < -0.3 is 14.6 Å². The molecule has 2 aromatic carbocycles. The molecule has 0 aromatic heterocycles. The predicted octanol–water partition coefficient (Wildman–Crippen LogP) is 3.75. The van der Waals surface area contributed by atoms with E-state index in [0.717, 1.165) is 16.9 Å². The van der Waals surface area contributed by atoms with Crippen LogP contribution < -0.4 is 9.47 Å². The molecular weight excluding hydrogens is 318 g/mol. The molecule has 1 N–H and O–H groups in total. The minimum atomic E-state index is -1.27. The molecule has 5 heteroatoms. The van der Waals surface area contributed by atoms with Crippen molar-refractivity contribution in [2.24, 2.45) is 0 Å². The zero-order chi connectivity index (χ0) is 18.2. The molecule has 0 aliphatic rings. The van der Waals surface area contributed by atoms with Crippen molar-refractivity contribution < 1.29 is 19.4 Å². The molecule has 0 aliphatic heterocycles. The van der Waals surface area contributed by atoms with E-state index in [0.29, 0.717) is 24.5 Å². The van der Waals surface area contributed by atoms with Crippen LogP contribution in [0.5, 0.6) is 11.5 Å². The van der Waals surface area contributed by atoms with E-state index < -0.39 is 5.97 Å². The van der Waals surface area contributed by atoms with Crippen molar-refractivity contribution in [3.05, 3.63) is 64.7 Å². The Bertz CT molecular complexity index is 814. The number of carboxylic acid groups (broad SMARTS) is 1. The molecular formula is C20H19NO4. The van der Waals surface area contributed by atoms with Crippen molar-refractivity contribution in [1.82, 2.24) is 0 Å². The summed E-state index contributed by atoms with van der Waals surface area (Å²) in [6, 6.07) is 14.6. The van der Waals surface area contributed by atoms with Gasteiger partial charge in [0.2, 0.25) is 0 Å². The fourth-order valence-corrected chi connectivity index (χ4v) is 2.35. The lowest BCUT2D eigenvalue weighted by atomic mass is 10.1. The first-order valence-corrected chi connectivity index (χ1v) is 7.79. The largest absolute Gasteiger partial charge is 0.489 e. The molecule has 0 saturated heterocycles. The van der Waals surface area contributed by atoms with Gasteiger partial charge in [0.15, 0.2) is 0 Å². The molecule has 5 nitrogen and oxygen atoms in total. The summed E-state index contributed by atoms with van der Waals surface area (Å²) in [6.07, 6.45) is 1.30. The van der Waals surface area contributed by atoms with Gasteiger partial charge in [-0.05, 0) is 37.1 Å². The van der Waals surface area contributed by atoms with E-state index in [9.17, 15) is 4.79 Å². The number of rotatable bonds is 7. The molecule has 0 atom stereocenters. The van der Waals surface area contributed by atoms with E-state index >= 15 is 0 Å². The Morgan fingerprint density at radius 1 is 1.08 bits per heavy atom. The molecule has 0 bridgehead atoms. The Kier molecular flexibility index (Phi) is 6.19. The highest BCUT2D eigenvalue weighted by molar-refractivity contribution is 5.96. The van der Waals surface area contributed by atoms with E-state index in [1.807, 2.05) is 32.0 Å². The number of aryl methyl sites for hydroxylation is 2.